The Bertz CT molecular complexity index is 831. The second-order valence-electron chi connectivity index (χ2n) is 6.44. The number of amides is 1. The Morgan fingerprint density at radius 1 is 1.46 bits per heavy atom. The van der Waals surface area contributed by atoms with Gasteiger partial charge in [-0.3, -0.25) is 14.9 Å². The molecule has 1 amide bonds. The summed E-state index contributed by atoms with van der Waals surface area (Å²) in [5.41, 5.74) is 6.52. The predicted molar refractivity (Wildman–Crippen MR) is 102 cm³/mol. The van der Waals surface area contributed by atoms with Gasteiger partial charge in [0.1, 0.15) is 0 Å². The number of nitrogens with two attached hydrogens (primary N) is 1. The average Bonchev–Trinajstić information content (AvgIpc) is 3.24. The number of nitro benzene ring substituents is 1. The highest BCUT2D eigenvalue weighted by atomic mass is 32.2. The molecule has 1 aliphatic carbocycles. The van der Waals surface area contributed by atoms with Crippen molar-refractivity contribution >= 4 is 34.7 Å². The van der Waals surface area contributed by atoms with Crippen molar-refractivity contribution in [2.75, 3.05) is 6.54 Å². The number of nitro groups is 1. The number of hydrogen-bond acceptors (Lipinski definition) is 7. The first-order valence-corrected chi connectivity index (χ1v) is 10.0. The maximum absolute atomic E-state index is 12.6. The lowest BCUT2D eigenvalue weighted by Crippen LogP contribution is -2.51. The number of thiazole rings is 1. The van der Waals surface area contributed by atoms with E-state index in [-0.39, 0.29) is 17.2 Å². The van der Waals surface area contributed by atoms with Gasteiger partial charge in [-0.1, -0.05) is 24.6 Å². The van der Waals surface area contributed by atoms with Crippen molar-refractivity contribution in [3.8, 4) is 0 Å². The number of carbonyl (C=O) groups is 1. The van der Waals surface area contributed by atoms with Crippen LogP contribution in [0.2, 0.25) is 0 Å². The van der Waals surface area contributed by atoms with E-state index in [0.29, 0.717) is 11.4 Å². The number of hydrogen-bond donors (Lipinski definition) is 2. The van der Waals surface area contributed by atoms with E-state index in [2.05, 4.69) is 10.3 Å². The van der Waals surface area contributed by atoms with Crippen molar-refractivity contribution in [2.24, 2.45) is 5.73 Å². The molecule has 26 heavy (non-hydrogen) atoms. The van der Waals surface area contributed by atoms with Crippen LogP contribution in [0, 0.1) is 17.0 Å². The molecule has 1 fully saturated rings. The molecule has 138 valence electrons. The van der Waals surface area contributed by atoms with Crippen LogP contribution < -0.4 is 11.1 Å². The van der Waals surface area contributed by atoms with Gasteiger partial charge in [0.15, 0.2) is 4.34 Å². The van der Waals surface area contributed by atoms with Crippen LogP contribution >= 0.6 is 23.1 Å². The molecule has 1 heterocycles. The summed E-state index contributed by atoms with van der Waals surface area (Å²) in [6.07, 6.45) is 3.74. The van der Waals surface area contributed by atoms with Gasteiger partial charge in [0.2, 0.25) is 0 Å². The minimum Gasteiger partial charge on any atom is -0.345 e. The normalized spacial score (nSPS) is 15.8. The molecule has 9 heteroatoms. The third-order valence-corrected chi connectivity index (χ3v) is 6.66. The molecule has 1 aromatic heterocycles. The van der Waals surface area contributed by atoms with E-state index >= 15 is 0 Å². The third-order valence-electron chi connectivity index (χ3n) is 4.54. The first-order valence-electron chi connectivity index (χ1n) is 8.33. The van der Waals surface area contributed by atoms with Crippen LogP contribution in [0.1, 0.15) is 41.7 Å². The highest BCUT2D eigenvalue weighted by Crippen LogP contribution is 2.37. The monoisotopic (exact) mass is 392 g/mol. The molecule has 0 atom stereocenters. The fourth-order valence-corrected chi connectivity index (χ4v) is 4.98. The second-order valence-corrected chi connectivity index (χ2v) is 8.59. The van der Waals surface area contributed by atoms with E-state index in [1.807, 2.05) is 12.3 Å². The number of aromatic nitrogens is 1. The Hall–Kier alpha value is -1.97. The molecule has 0 aliphatic heterocycles. The minimum atomic E-state index is -0.464. The molecule has 1 aromatic carbocycles. The molecule has 1 aliphatic rings. The minimum absolute atomic E-state index is 0.0938. The summed E-state index contributed by atoms with van der Waals surface area (Å²) in [5.74, 6) is -0.318. The number of rotatable bonds is 6. The van der Waals surface area contributed by atoms with E-state index in [4.69, 9.17) is 5.73 Å². The number of nitrogens with one attached hydrogen (secondary N) is 1. The molecular formula is C17H20N4O3S2. The molecule has 3 rings (SSSR count). The summed E-state index contributed by atoms with van der Waals surface area (Å²) in [6.45, 7) is 2.25. The van der Waals surface area contributed by atoms with Gasteiger partial charge in [-0.25, -0.2) is 4.98 Å². The molecule has 7 nitrogen and oxygen atoms in total. The Kier molecular flexibility index (Phi) is 5.59. The second kappa shape index (κ2) is 7.73. The van der Waals surface area contributed by atoms with E-state index in [1.165, 1.54) is 29.2 Å². The van der Waals surface area contributed by atoms with Gasteiger partial charge in [0.25, 0.3) is 11.6 Å². The molecule has 3 N–H and O–H groups in total. The number of carbonyl (C=O) groups excluding carboxylic acids is 1. The van der Waals surface area contributed by atoms with Gasteiger partial charge in [0, 0.05) is 29.2 Å². The zero-order valence-corrected chi connectivity index (χ0v) is 16.0. The maximum atomic E-state index is 12.6. The van der Waals surface area contributed by atoms with Crippen molar-refractivity contribution in [3.63, 3.8) is 0 Å². The lowest BCUT2D eigenvalue weighted by Gasteiger charge is -2.28. The Balaban J connectivity index is 1.83. The molecule has 1 saturated carbocycles. The van der Waals surface area contributed by atoms with Crippen molar-refractivity contribution in [1.82, 2.24) is 10.3 Å². The summed E-state index contributed by atoms with van der Waals surface area (Å²) < 4.78 is 0.732. The van der Waals surface area contributed by atoms with Gasteiger partial charge in [-0.15, -0.1) is 11.3 Å². The van der Waals surface area contributed by atoms with Crippen molar-refractivity contribution < 1.29 is 9.72 Å². The van der Waals surface area contributed by atoms with Crippen molar-refractivity contribution in [3.05, 3.63) is 45.0 Å². The Morgan fingerprint density at radius 3 is 2.77 bits per heavy atom. The summed E-state index contributed by atoms with van der Waals surface area (Å²) in [5, 5.41) is 16.4. The predicted octanol–water partition coefficient (Wildman–Crippen LogP) is 3.51. The summed E-state index contributed by atoms with van der Waals surface area (Å²) in [7, 11) is 0. The number of nitrogens with zero attached hydrogens (tertiary/aromatic N) is 2. The van der Waals surface area contributed by atoms with Crippen LogP contribution in [0.25, 0.3) is 0 Å². The van der Waals surface area contributed by atoms with Crippen LogP contribution in [-0.2, 0) is 0 Å². The van der Waals surface area contributed by atoms with Crippen LogP contribution in [0.3, 0.4) is 0 Å². The molecule has 0 unspecified atom stereocenters. The SMILES string of the molecule is Cc1csc(Sc2ccc(C(=O)NC3(CN)CCCC3)cc2[N+](=O)[O-])n1. The molecule has 0 saturated heterocycles. The van der Waals surface area contributed by atoms with Crippen molar-refractivity contribution in [1.29, 1.82) is 0 Å². The Labute approximate surface area is 159 Å². The molecule has 0 spiro atoms. The quantitative estimate of drug-likeness (QED) is 0.575. The van der Waals surface area contributed by atoms with E-state index in [9.17, 15) is 14.9 Å². The summed E-state index contributed by atoms with van der Waals surface area (Å²) in [4.78, 5) is 28.4. The first kappa shape index (κ1) is 18.8. The zero-order chi connectivity index (χ0) is 18.7. The molecule has 2 aromatic rings. The topological polar surface area (TPSA) is 111 Å². The fraction of sp³-hybridized carbons (Fsp3) is 0.412. The van der Waals surface area contributed by atoms with Gasteiger partial charge in [-0.2, -0.15) is 0 Å². The summed E-state index contributed by atoms with van der Waals surface area (Å²) in [6, 6.07) is 4.56. The fourth-order valence-electron chi connectivity index (χ4n) is 3.11. The van der Waals surface area contributed by atoms with Crippen molar-refractivity contribution in [2.45, 2.75) is 47.4 Å². The van der Waals surface area contributed by atoms with Crippen LogP contribution in [-0.4, -0.2) is 27.9 Å². The first-order chi connectivity index (χ1) is 12.4. The smallest absolute Gasteiger partial charge is 0.284 e. The molecule has 0 bridgehead atoms. The van der Waals surface area contributed by atoms with E-state index in [0.717, 1.165) is 35.7 Å². The van der Waals surface area contributed by atoms with E-state index < -0.39 is 10.5 Å². The maximum Gasteiger partial charge on any atom is 0.284 e. The van der Waals surface area contributed by atoms with Gasteiger partial charge < -0.3 is 11.1 Å². The molecular weight excluding hydrogens is 372 g/mol. The molecule has 0 radical (unpaired) electrons. The standard InChI is InChI=1S/C17H20N4O3S2/c1-11-9-25-16(19-11)26-14-5-4-12(8-13(14)21(23)24)15(22)20-17(10-18)6-2-3-7-17/h4-5,8-9H,2-3,6-7,10,18H2,1H3,(H,20,22). The van der Waals surface area contributed by atoms with Gasteiger partial charge in [-0.05, 0) is 31.9 Å². The van der Waals surface area contributed by atoms with Crippen LogP contribution in [0.4, 0.5) is 5.69 Å². The highest BCUT2D eigenvalue weighted by Gasteiger charge is 2.34. The number of aryl methyl sites for hydroxylation is 1. The zero-order valence-electron chi connectivity index (χ0n) is 14.4. The van der Waals surface area contributed by atoms with E-state index in [1.54, 1.807) is 12.1 Å². The lowest BCUT2D eigenvalue weighted by atomic mass is 9.97. The Morgan fingerprint density at radius 2 is 2.19 bits per heavy atom. The lowest BCUT2D eigenvalue weighted by molar-refractivity contribution is -0.387. The largest absolute Gasteiger partial charge is 0.345 e. The van der Waals surface area contributed by atoms with Crippen LogP contribution in [0.5, 0.6) is 0 Å². The third kappa shape index (κ3) is 4.05. The number of benzene rings is 1. The highest BCUT2D eigenvalue weighted by molar-refractivity contribution is 8.01. The van der Waals surface area contributed by atoms with Gasteiger partial charge in [0.05, 0.1) is 15.4 Å². The van der Waals surface area contributed by atoms with Crippen LogP contribution in [0.15, 0.2) is 32.8 Å². The summed E-state index contributed by atoms with van der Waals surface area (Å²) >= 11 is 2.67. The average molecular weight is 393 g/mol. The van der Waals surface area contributed by atoms with Gasteiger partial charge >= 0.3 is 0 Å².